The predicted octanol–water partition coefficient (Wildman–Crippen LogP) is 2.13. The van der Waals surface area contributed by atoms with E-state index in [4.69, 9.17) is 0 Å². The molecule has 1 N–H and O–H groups in total. The quantitative estimate of drug-likeness (QED) is 0.931. The van der Waals surface area contributed by atoms with E-state index in [2.05, 4.69) is 37.2 Å². The number of nitrogens with one attached hydrogen (secondary N) is 1. The van der Waals surface area contributed by atoms with E-state index in [1.807, 2.05) is 13.0 Å². The standard InChI is InChI=1S/C15H20N6/c1-11-18-13(12-5-3-8-21(2)10-12)9-14(19-11)20-15-16-6-4-7-17-15/h4,6-7,9,12H,3,5,8,10H2,1-2H3,(H,16,17,18,19,20). The third-order valence-corrected chi connectivity index (χ3v) is 3.71. The van der Waals surface area contributed by atoms with Gasteiger partial charge in [-0.15, -0.1) is 0 Å². The lowest BCUT2D eigenvalue weighted by molar-refractivity contribution is 0.248. The van der Waals surface area contributed by atoms with Crippen molar-refractivity contribution < 1.29 is 0 Å². The van der Waals surface area contributed by atoms with Crippen LogP contribution in [0.1, 0.15) is 30.3 Å². The Hall–Kier alpha value is -2.08. The number of nitrogens with zero attached hydrogens (tertiary/aromatic N) is 5. The molecule has 1 saturated heterocycles. The highest BCUT2D eigenvalue weighted by molar-refractivity contribution is 5.48. The van der Waals surface area contributed by atoms with Gasteiger partial charge in [0.25, 0.3) is 0 Å². The van der Waals surface area contributed by atoms with Gasteiger partial charge in [-0.1, -0.05) is 0 Å². The highest BCUT2D eigenvalue weighted by Crippen LogP contribution is 2.26. The van der Waals surface area contributed by atoms with Gasteiger partial charge in [0, 0.05) is 30.9 Å². The molecule has 1 unspecified atom stereocenters. The van der Waals surface area contributed by atoms with E-state index in [-0.39, 0.29) is 0 Å². The minimum absolute atomic E-state index is 0.475. The third kappa shape index (κ3) is 3.52. The number of rotatable bonds is 3. The highest BCUT2D eigenvalue weighted by Gasteiger charge is 2.21. The summed E-state index contributed by atoms with van der Waals surface area (Å²) in [4.78, 5) is 19.7. The lowest BCUT2D eigenvalue weighted by Gasteiger charge is -2.29. The molecule has 1 aliphatic heterocycles. The summed E-state index contributed by atoms with van der Waals surface area (Å²) in [5.74, 6) is 2.57. The van der Waals surface area contributed by atoms with Crippen molar-refractivity contribution in [1.29, 1.82) is 0 Å². The van der Waals surface area contributed by atoms with Crippen LogP contribution in [0, 0.1) is 6.92 Å². The molecule has 0 radical (unpaired) electrons. The molecule has 2 aromatic rings. The van der Waals surface area contributed by atoms with Gasteiger partial charge in [-0.2, -0.15) is 0 Å². The first-order chi connectivity index (χ1) is 10.2. The molecule has 0 bridgehead atoms. The Balaban J connectivity index is 1.82. The topological polar surface area (TPSA) is 66.8 Å². The van der Waals surface area contributed by atoms with E-state index in [9.17, 15) is 0 Å². The second-order valence-corrected chi connectivity index (χ2v) is 5.52. The number of piperidine rings is 1. The van der Waals surface area contributed by atoms with Crippen LogP contribution in [0.15, 0.2) is 24.5 Å². The fourth-order valence-electron chi connectivity index (χ4n) is 2.75. The van der Waals surface area contributed by atoms with Crippen molar-refractivity contribution in [2.75, 3.05) is 25.5 Å². The molecule has 1 fully saturated rings. The van der Waals surface area contributed by atoms with Crippen LogP contribution in [0.5, 0.6) is 0 Å². The van der Waals surface area contributed by atoms with Crippen LogP contribution in [0.2, 0.25) is 0 Å². The van der Waals surface area contributed by atoms with Crippen LogP contribution >= 0.6 is 0 Å². The minimum atomic E-state index is 0.475. The fourth-order valence-corrected chi connectivity index (χ4v) is 2.75. The molecule has 3 heterocycles. The van der Waals surface area contributed by atoms with Crippen LogP contribution in [-0.2, 0) is 0 Å². The summed E-state index contributed by atoms with van der Waals surface area (Å²) in [5.41, 5.74) is 1.10. The van der Waals surface area contributed by atoms with Crippen LogP contribution in [-0.4, -0.2) is 45.0 Å². The molecule has 2 aromatic heterocycles. The summed E-state index contributed by atoms with van der Waals surface area (Å²) in [6, 6.07) is 3.81. The molecular formula is C15H20N6. The molecule has 1 atom stereocenters. The summed E-state index contributed by atoms with van der Waals surface area (Å²) >= 11 is 0. The second-order valence-electron chi connectivity index (χ2n) is 5.52. The molecule has 21 heavy (non-hydrogen) atoms. The second kappa shape index (κ2) is 6.13. The molecule has 0 amide bonds. The number of aromatic nitrogens is 4. The Kier molecular flexibility index (Phi) is 4.06. The van der Waals surface area contributed by atoms with Gasteiger partial charge < -0.3 is 10.2 Å². The van der Waals surface area contributed by atoms with Crippen molar-refractivity contribution in [3.05, 3.63) is 36.0 Å². The number of anilines is 2. The van der Waals surface area contributed by atoms with Crippen LogP contribution in [0.3, 0.4) is 0 Å². The normalized spacial score (nSPS) is 19.4. The van der Waals surface area contributed by atoms with Crippen molar-refractivity contribution >= 4 is 11.8 Å². The zero-order chi connectivity index (χ0) is 14.7. The van der Waals surface area contributed by atoms with Gasteiger partial charge in [-0.25, -0.2) is 19.9 Å². The van der Waals surface area contributed by atoms with Gasteiger partial charge in [0.05, 0.1) is 5.69 Å². The Morgan fingerprint density at radius 3 is 2.81 bits per heavy atom. The van der Waals surface area contributed by atoms with Crippen molar-refractivity contribution in [3.8, 4) is 0 Å². The molecule has 0 saturated carbocycles. The molecule has 6 nitrogen and oxygen atoms in total. The average Bonchev–Trinajstić information content (AvgIpc) is 2.48. The third-order valence-electron chi connectivity index (χ3n) is 3.71. The van der Waals surface area contributed by atoms with Gasteiger partial charge >= 0.3 is 0 Å². The maximum atomic E-state index is 4.61. The van der Waals surface area contributed by atoms with E-state index in [1.54, 1.807) is 18.5 Å². The van der Waals surface area contributed by atoms with E-state index in [0.29, 0.717) is 11.9 Å². The minimum Gasteiger partial charge on any atom is -0.309 e. The smallest absolute Gasteiger partial charge is 0.228 e. The molecule has 3 rings (SSSR count). The van der Waals surface area contributed by atoms with E-state index < -0.39 is 0 Å². The summed E-state index contributed by atoms with van der Waals surface area (Å²) in [6.07, 6.45) is 5.82. The zero-order valence-electron chi connectivity index (χ0n) is 12.5. The Bertz CT molecular complexity index is 600. The molecule has 0 aliphatic carbocycles. The molecular weight excluding hydrogens is 264 g/mol. The summed E-state index contributed by atoms with van der Waals surface area (Å²) in [7, 11) is 2.16. The van der Waals surface area contributed by atoms with Gasteiger partial charge in [0.15, 0.2) is 0 Å². The van der Waals surface area contributed by atoms with Gasteiger partial charge in [0.1, 0.15) is 11.6 Å². The van der Waals surface area contributed by atoms with Crippen molar-refractivity contribution in [2.24, 2.45) is 0 Å². The molecule has 110 valence electrons. The number of aryl methyl sites for hydroxylation is 1. The van der Waals surface area contributed by atoms with Crippen LogP contribution in [0.25, 0.3) is 0 Å². The average molecular weight is 284 g/mol. The van der Waals surface area contributed by atoms with Gasteiger partial charge in [-0.05, 0) is 39.4 Å². The summed E-state index contributed by atoms with van der Waals surface area (Å²) in [5, 5.41) is 3.15. The van der Waals surface area contributed by atoms with Crippen molar-refractivity contribution in [3.63, 3.8) is 0 Å². The van der Waals surface area contributed by atoms with Crippen molar-refractivity contribution in [2.45, 2.75) is 25.7 Å². The van der Waals surface area contributed by atoms with Gasteiger partial charge in [-0.3, -0.25) is 0 Å². The molecule has 0 spiro atoms. The summed E-state index contributed by atoms with van der Waals surface area (Å²) < 4.78 is 0. The Labute approximate surface area is 124 Å². The monoisotopic (exact) mass is 284 g/mol. The Morgan fingerprint density at radius 2 is 2.05 bits per heavy atom. The number of hydrogen-bond acceptors (Lipinski definition) is 6. The molecule has 1 aliphatic rings. The number of hydrogen-bond donors (Lipinski definition) is 1. The Morgan fingerprint density at radius 1 is 1.24 bits per heavy atom. The first kappa shape index (κ1) is 13.9. The van der Waals surface area contributed by atoms with E-state index in [1.165, 1.54) is 19.4 Å². The van der Waals surface area contributed by atoms with Crippen LogP contribution < -0.4 is 5.32 Å². The zero-order valence-corrected chi connectivity index (χ0v) is 12.5. The first-order valence-electron chi connectivity index (χ1n) is 7.29. The van der Waals surface area contributed by atoms with Gasteiger partial charge in [0.2, 0.25) is 5.95 Å². The van der Waals surface area contributed by atoms with E-state index in [0.717, 1.165) is 23.9 Å². The maximum absolute atomic E-state index is 4.61. The van der Waals surface area contributed by atoms with Crippen LogP contribution in [0.4, 0.5) is 11.8 Å². The number of likely N-dealkylation sites (N-methyl/N-ethyl adjacent to an activating group) is 1. The van der Waals surface area contributed by atoms with Crippen molar-refractivity contribution in [1.82, 2.24) is 24.8 Å². The van der Waals surface area contributed by atoms with E-state index >= 15 is 0 Å². The molecule has 0 aromatic carbocycles. The lowest BCUT2D eigenvalue weighted by Crippen LogP contribution is -2.31. The SMILES string of the molecule is Cc1nc(Nc2ncccn2)cc(C2CCCN(C)C2)n1. The fraction of sp³-hybridized carbons (Fsp3) is 0.467. The largest absolute Gasteiger partial charge is 0.309 e. The maximum Gasteiger partial charge on any atom is 0.228 e. The highest BCUT2D eigenvalue weighted by atomic mass is 15.1. The predicted molar refractivity (Wildman–Crippen MR) is 81.6 cm³/mol. The number of likely N-dealkylation sites (tertiary alicyclic amines) is 1. The molecule has 6 heteroatoms. The summed E-state index contributed by atoms with van der Waals surface area (Å²) in [6.45, 7) is 4.15. The lowest BCUT2D eigenvalue weighted by atomic mass is 9.95. The first-order valence-corrected chi connectivity index (χ1v) is 7.29.